The molecule has 0 aliphatic carbocycles. The minimum atomic E-state index is -0.140. The molecule has 0 fully saturated rings. The largest absolute Gasteiger partial charge is 0.497 e. The first kappa shape index (κ1) is 12.3. The Morgan fingerprint density at radius 3 is 2.85 bits per heavy atom. The Kier molecular flexibility index (Phi) is 3.16. The van der Waals surface area contributed by atoms with Gasteiger partial charge in [0.15, 0.2) is 0 Å². The van der Waals surface area contributed by atoms with Gasteiger partial charge < -0.3 is 4.74 Å². The summed E-state index contributed by atoms with van der Waals surface area (Å²) >= 11 is 0. The van der Waals surface area contributed by atoms with E-state index >= 15 is 0 Å². The van der Waals surface area contributed by atoms with Crippen LogP contribution in [0.15, 0.2) is 53.3 Å². The minimum Gasteiger partial charge on any atom is -0.497 e. The maximum absolute atomic E-state index is 12.3. The Morgan fingerprint density at radius 2 is 2.00 bits per heavy atom. The van der Waals surface area contributed by atoms with Crippen molar-refractivity contribution in [3.63, 3.8) is 0 Å². The summed E-state index contributed by atoms with van der Waals surface area (Å²) in [6.07, 6.45) is 0. The second-order valence-corrected chi connectivity index (χ2v) is 4.42. The van der Waals surface area contributed by atoms with Crippen LogP contribution in [0.1, 0.15) is 5.56 Å². The van der Waals surface area contributed by atoms with Crippen LogP contribution in [0.25, 0.3) is 10.9 Å². The van der Waals surface area contributed by atoms with E-state index in [1.807, 2.05) is 36.4 Å². The first-order valence-corrected chi connectivity index (χ1v) is 6.23. The summed E-state index contributed by atoms with van der Waals surface area (Å²) in [5, 5.41) is 8.61. The molecule has 0 bridgehead atoms. The fraction of sp³-hybridized carbons (Fsp3) is 0.133. The third kappa shape index (κ3) is 2.25. The van der Waals surface area contributed by atoms with Crippen molar-refractivity contribution in [3.8, 4) is 5.75 Å². The van der Waals surface area contributed by atoms with Crippen LogP contribution in [0, 0.1) is 0 Å². The van der Waals surface area contributed by atoms with Crippen molar-refractivity contribution in [2.24, 2.45) is 0 Å². The Labute approximate surface area is 115 Å². The molecule has 0 saturated heterocycles. The zero-order chi connectivity index (χ0) is 13.9. The van der Waals surface area contributed by atoms with E-state index in [9.17, 15) is 4.79 Å². The van der Waals surface area contributed by atoms with Gasteiger partial charge in [0.2, 0.25) is 0 Å². The molecule has 0 radical (unpaired) electrons. The van der Waals surface area contributed by atoms with Crippen LogP contribution in [0.3, 0.4) is 0 Å². The SMILES string of the molecule is COc1cccc(Cn2nnc3ccccc3c2=O)c1. The molecule has 1 aromatic heterocycles. The molecule has 20 heavy (non-hydrogen) atoms. The summed E-state index contributed by atoms with van der Waals surface area (Å²) in [4.78, 5) is 12.3. The van der Waals surface area contributed by atoms with E-state index in [1.165, 1.54) is 4.68 Å². The summed E-state index contributed by atoms with van der Waals surface area (Å²) in [6.45, 7) is 0.369. The zero-order valence-electron chi connectivity index (χ0n) is 11.0. The number of hydrogen-bond donors (Lipinski definition) is 0. The Bertz CT molecular complexity index is 811. The van der Waals surface area contributed by atoms with Gasteiger partial charge in [-0.2, -0.15) is 0 Å². The van der Waals surface area contributed by atoms with E-state index in [2.05, 4.69) is 10.3 Å². The van der Waals surface area contributed by atoms with Crippen molar-refractivity contribution in [1.82, 2.24) is 15.0 Å². The van der Waals surface area contributed by atoms with Crippen LogP contribution in [-0.2, 0) is 6.54 Å². The number of ether oxygens (including phenoxy) is 1. The molecule has 3 rings (SSSR count). The van der Waals surface area contributed by atoms with Crippen molar-refractivity contribution in [2.45, 2.75) is 6.54 Å². The lowest BCUT2D eigenvalue weighted by Crippen LogP contribution is -2.24. The molecule has 0 saturated carbocycles. The molecule has 3 aromatic rings. The predicted molar refractivity (Wildman–Crippen MR) is 75.9 cm³/mol. The molecule has 0 atom stereocenters. The van der Waals surface area contributed by atoms with Crippen molar-refractivity contribution in [2.75, 3.05) is 7.11 Å². The van der Waals surface area contributed by atoms with Crippen molar-refractivity contribution >= 4 is 10.9 Å². The first-order chi connectivity index (χ1) is 9.78. The summed E-state index contributed by atoms with van der Waals surface area (Å²) < 4.78 is 6.53. The second-order valence-electron chi connectivity index (χ2n) is 4.42. The Balaban J connectivity index is 2.02. The quantitative estimate of drug-likeness (QED) is 0.726. The highest BCUT2D eigenvalue weighted by atomic mass is 16.5. The fourth-order valence-electron chi connectivity index (χ4n) is 2.07. The third-order valence-electron chi connectivity index (χ3n) is 3.10. The van der Waals surface area contributed by atoms with Gasteiger partial charge in [0.25, 0.3) is 5.56 Å². The van der Waals surface area contributed by atoms with E-state index in [0.29, 0.717) is 17.4 Å². The number of rotatable bonds is 3. The van der Waals surface area contributed by atoms with Gasteiger partial charge in [-0.25, -0.2) is 4.68 Å². The second kappa shape index (κ2) is 5.13. The maximum atomic E-state index is 12.3. The third-order valence-corrected chi connectivity index (χ3v) is 3.10. The molecule has 0 unspecified atom stereocenters. The molecular weight excluding hydrogens is 254 g/mol. The highest BCUT2D eigenvalue weighted by Gasteiger charge is 2.06. The number of fused-ring (bicyclic) bond motifs is 1. The van der Waals surface area contributed by atoms with Crippen LogP contribution in [0.5, 0.6) is 5.75 Å². The maximum Gasteiger partial charge on any atom is 0.277 e. The van der Waals surface area contributed by atoms with Crippen LogP contribution in [-0.4, -0.2) is 22.1 Å². The number of hydrogen-bond acceptors (Lipinski definition) is 4. The standard InChI is InChI=1S/C15H13N3O2/c1-20-12-6-4-5-11(9-12)10-18-15(19)13-7-2-3-8-14(13)16-17-18/h2-9H,10H2,1H3. The normalized spacial score (nSPS) is 10.7. The van der Waals surface area contributed by atoms with Gasteiger partial charge in [-0.15, -0.1) is 5.10 Å². The Morgan fingerprint density at radius 1 is 1.15 bits per heavy atom. The van der Waals surface area contributed by atoms with Gasteiger partial charge in [0.05, 0.1) is 19.0 Å². The predicted octanol–water partition coefficient (Wildman–Crippen LogP) is 1.85. The lowest BCUT2D eigenvalue weighted by atomic mass is 10.2. The molecule has 1 heterocycles. The molecule has 0 N–H and O–H groups in total. The monoisotopic (exact) mass is 267 g/mol. The molecule has 0 spiro atoms. The molecule has 5 nitrogen and oxygen atoms in total. The first-order valence-electron chi connectivity index (χ1n) is 6.23. The molecule has 0 amide bonds. The van der Waals surface area contributed by atoms with Gasteiger partial charge >= 0.3 is 0 Å². The summed E-state index contributed by atoms with van der Waals surface area (Å²) in [6, 6.07) is 14.7. The molecule has 0 aliphatic heterocycles. The van der Waals surface area contributed by atoms with Crippen LogP contribution in [0.4, 0.5) is 0 Å². The van der Waals surface area contributed by atoms with E-state index in [-0.39, 0.29) is 5.56 Å². The van der Waals surface area contributed by atoms with E-state index in [0.717, 1.165) is 11.3 Å². The summed E-state index contributed by atoms with van der Waals surface area (Å²) in [7, 11) is 1.61. The smallest absolute Gasteiger partial charge is 0.277 e. The molecular formula is C15H13N3O2. The number of nitrogens with zero attached hydrogens (tertiary/aromatic N) is 3. The number of benzene rings is 2. The van der Waals surface area contributed by atoms with Crippen molar-refractivity contribution in [3.05, 3.63) is 64.4 Å². The number of methoxy groups -OCH3 is 1. The van der Waals surface area contributed by atoms with E-state index in [4.69, 9.17) is 4.74 Å². The average molecular weight is 267 g/mol. The lowest BCUT2D eigenvalue weighted by molar-refractivity contribution is 0.414. The minimum absolute atomic E-state index is 0.140. The molecule has 0 aliphatic rings. The molecule has 100 valence electrons. The Hall–Kier alpha value is -2.69. The zero-order valence-corrected chi connectivity index (χ0v) is 11.0. The van der Waals surface area contributed by atoms with Crippen LogP contribution >= 0.6 is 0 Å². The van der Waals surface area contributed by atoms with Crippen LogP contribution < -0.4 is 10.3 Å². The van der Waals surface area contributed by atoms with Crippen molar-refractivity contribution in [1.29, 1.82) is 0 Å². The van der Waals surface area contributed by atoms with Gasteiger partial charge in [0, 0.05) is 0 Å². The summed E-state index contributed by atoms with van der Waals surface area (Å²) in [5.74, 6) is 0.754. The topological polar surface area (TPSA) is 57.0 Å². The fourth-order valence-corrected chi connectivity index (χ4v) is 2.07. The van der Waals surface area contributed by atoms with Gasteiger partial charge in [0.1, 0.15) is 11.3 Å². The van der Waals surface area contributed by atoms with Gasteiger partial charge in [-0.05, 0) is 29.8 Å². The summed E-state index contributed by atoms with van der Waals surface area (Å²) in [5.41, 5.74) is 1.41. The molecule has 5 heteroatoms. The number of aromatic nitrogens is 3. The highest BCUT2D eigenvalue weighted by Crippen LogP contribution is 2.13. The average Bonchev–Trinajstić information content (AvgIpc) is 2.50. The van der Waals surface area contributed by atoms with Gasteiger partial charge in [-0.3, -0.25) is 4.79 Å². The van der Waals surface area contributed by atoms with Gasteiger partial charge in [-0.1, -0.05) is 29.5 Å². The van der Waals surface area contributed by atoms with E-state index < -0.39 is 0 Å². The van der Waals surface area contributed by atoms with Crippen LogP contribution in [0.2, 0.25) is 0 Å². The highest BCUT2D eigenvalue weighted by molar-refractivity contribution is 5.76. The van der Waals surface area contributed by atoms with E-state index in [1.54, 1.807) is 19.2 Å². The molecule has 2 aromatic carbocycles. The lowest BCUT2D eigenvalue weighted by Gasteiger charge is -2.06. The van der Waals surface area contributed by atoms with Crippen molar-refractivity contribution < 1.29 is 4.74 Å².